The fourth-order valence-electron chi connectivity index (χ4n) is 4.44. The molecule has 1 aliphatic heterocycles. The van der Waals surface area contributed by atoms with Crippen molar-refractivity contribution in [3.63, 3.8) is 0 Å². The van der Waals surface area contributed by atoms with E-state index in [1.165, 1.54) is 0 Å². The van der Waals surface area contributed by atoms with Gasteiger partial charge in [-0.3, -0.25) is 9.59 Å². The van der Waals surface area contributed by atoms with Crippen molar-refractivity contribution in [2.75, 3.05) is 6.54 Å². The van der Waals surface area contributed by atoms with Crippen molar-refractivity contribution in [1.82, 2.24) is 15.4 Å². The van der Waals surface area contributed by atoms with Crippen LogP contribution in [0.2, 0.25) is 0 Å². The summed E-state index contributed by atoms with van der Waals surface area (Å²) in [5.41, 5.74) is 3.74. The van der Waals surface area contributed by atoms with Gasteiger partial charge in [-0.15, -0.1) is 0 Å². The summed E-state index contributed by atoms with van der Waals surface area (Å²) in [4.78, 5) is 26.4. The van der Waals surface area contributed by atoms with Gasteiger partial charge in [0.05, 0.1) is 0 Å². The molecular formula is C24H31N3O3. The Hall–Kier alpha value is -2.63. The summed E-state index contributed by atoms with van der Waals surface area (Å²) >= 11 is 0. The average molecular weight is 410 g/mol. The van der Waals surface area contributed by atoms with Crippen molar-refractivity contribution >= 4 is 11.8 Å². The summed E-state index contributed by atoms with van der Waals surface area (Å²) in [7, 11) is 0. The van der Waals surface area contributed by atoms with E-state index in [1.54, 1.807) is 0 Å². The average Bonchev–Trinajstić information content (AvgIpc) is 3.32. The second kappa shape index (κ2) is 8.25. The maximum absolute atomic E-state index is 12.8. The van der Waals surface area contributed by atoms with Gasteiger partial charge >= 0.3 is 0 Å². The first kappa shape index (κ1) is 20.6. The standard InChI is InChI=1S/C24H31N3O3/c1-24(2,3)18-10-11-20-19(13-18)22(26-30-20)23(29)25-14-16-6-8-17(9-7-16)15-27-12-4-5-21(27)28/h6-9,18H,4-5,10-15H2,1-3H3,(H,25,29)/t18-/m1/s1. The largest absolute Gasteiger partial charge is 0.360 e. The second-order valence-corrected chi connectivity index (χ2v) is 9.66. The number of amides is 2. The Morgan fingerprint density at radius 2 is 1.93 bits per heavy atom. The highest BCUT2D eigenvalue weighted by Crippen LogP contribution is 2.38. The van der Waals surface area contributed by atoms with Gasteiger partial charge in [0.1, 0.15) is 5.76 Å². The summed E-state index contributed by atoms with van der Waals surface area (Å²) in [6.07, 6.45) is 4.37. The highest BCUT2D eigenvalue weighted by molar-refractivity contribution is 5.93. The van der Waals surface area contributed by atoms with Crippen LogP contribution in [0.3, 0.4) is 0 Å². The molecule has 1 aromatic carbocycles. The lowest BCUT2D eigenvalue weighted by molar-refractivity contribution is -0.128. The quantitative estimate of drug-likeness (QED) is 0.813. The number of rotatable bonds is 5. The minimum Gasteiger partial charge on any atom is -0.360 e. The number of nitrogens with one attached hydrogen (secondary N) is 1. The number of hydrogen-bond donors (Lipinski definition) is 1. The highest BCUT2D eigenvalue weighted by atomic mass is 16.5. The number of carbonyl (C=O) groups excluding carboxylic acids is 2. The molecular weight excluding hydrogens is 378 g/mol. The van der Waals surface area contributed by atoms with E-state index in [2.05, 4.69) is 31.2 Å². The van der Waals surface area contributed by atoms with Crippen molar-refractivity contribution in [2.45, 2.75) is 66.0 Å². The lowest BCUT2D eigenvalue weighted by Gasteiger charge is -2.33. The van der Waals surface area contributed by atoms with Crippen LogP contribution in [0.15, 0.2) is 28.8 Å². The van der Waals surface area contributed by atoms with E-state index < -0.39 is 0 Å². The normalized spacial score (nSPS) is 19.1. The molecule has 0 unspecified atom stereocenters. The minimum atomic E-state index is -0.179. The van der Waals surface area contributed by atoms with E-state index in [0.717, 1.165) is 54.7 Å². The van der Waals surface area contributed by atoms with Gasteiger partial charge in [0.15, 0.2) is 5.69 Å². The molecule has 1 N–H and O–H groups in total. The van der Waals surface area contributed by atoms with Crippen molar-refractivity contribution in [3.8, 4) is 0 Å². The van der Waals surface area contributed by atoms with Gasteiger partial charge in [-0.05, 0) is 41.7 Å². The highest BCUT2D eigenvalue weighted by Gasteiger charge is 2.34. The van der Waals surface area contributed by atoms with Crippen LogP contribution < -0.4 is 5.32 Å². The van der Waals surface area contributed by atoms with E-state index in [1.807, 2.05) is 29.2 Å². The van der Waals surface area contributed by atoms with Crippen LogP contribution in [0.25, 0.3) is 0 Å². The molecule has 6 nitrogen and oxygen atoms in total. The number of aryl methyl sites for hydroxylation is 1. The zero-order chi connectivity index (χ0) is 21.3. The molecule has 1 aliphatic carbocycles. The fraction of sp³-hybridized carbons (Fsp3) is 0.542. The van der Waals surface area contributed by atoms with Gasteiger partial charge in [0, 0.05) is 38.0 Å². The summed E-state index contributed by atoms with van der Waals surface area (Å²) in [5.74, 6) is 1.43. The number of fused-ring (bicyclic) bond motifs is 1. The van der Waals surface area contributed by atoms with E-state index in [0.29, 0.717) is 31.1 Å². The zero-order valence-corrected chi connectivity index (χ0v) is 18.2. The minimum absolute atomic E-state index is 0.179. The van der Waals surface area contributed by atoms with E-state index in [9.17, 15) is 9.59 Å². The first-order valence-electron chi connectivity index (χ1n) is 10.9. The van der Waals surface area contributed by atoms with Crippen molar-refractivity contribution in [3.05, 3.63) is 52.4 Å². The molecule has 1 fully saturated rings. The third-order valence-corrected chi connectivity index (χ3v) is 6.50. The Balaban J connectivity index is 1.35. The summed E-state index contributed by atoms with van der Waals surface area (Å²) < 4.78 is 5.47. The summed E-state index contributed by atoms with van der Waals surface area (Å²) in [6.45, 7) is 8.68. The first-order chi connectivity index (χ1) is 14.3. The molecule has 0 spiro atoms. The Labute approximate surface area is 178 Å². The van der Waals surface area contributed by atoms with Gasteiger partial charge in [-0.2, -0.15) is 0 Å². The summed E-state index contributed by atoms with van der Waals surface area (Å²) in [6, 6.07) is 8.06. The van der Waals surface area contributed by atoms with Gasteiger partial charge in [-0.1, -0.05) is 50.2 Å². The first-order valence-corrected chi connectivity index (χ1v) is 10.9. The van der Waals surface area contributed by atoms with Crippen LogP contribution in [0.1, 0.15) is 73.0 Å². The molecule has 1 atom stereocenters. The third-order valence-electron chi connectivity index (χ3n) is 6.50. The molecule has 1 aromatic heterocycles. The van der Waals surface area contributed by atoms with Gasteiger partial charge in [0.2, 0.25) is 5.91 Å². The molecule has 6 heteroatoms. The molecule has 0 radical (unpaired) electrons. The molecule has 30 heavy (non-hydrogen) atoms. The third kappa shape index (κ3) is 4.42. The number of benzene rings is 1. The van der Waals surface area contributed by atoms with Crippen LogP contribution >= 0.6 is 0 Å². The zero-order valence-electron chi connectivity index (χ0n) is 18.2. The monoisotopic (exact) mass is 409 g/mol. The smallest absolute Gasteiger partial charge is 0.274 e. The van der Waals surface area contributed by atoms with Crippen molar-refractivity contribution in [1.29, 1.82) is 0 Å². The van der Waals surface area contributed by atoms with Gasteiger partial charge < -0.3 is 14.7 Å². The maximum Gasteiger partial charge on any atom is 0.274 e. The lowest BCUT2D eigenvalue weighted by Crippen LogP contribution is -2.29. The maximum atomic E-state index is 12.8. The number of nitrogens with zero attached hydrogens (tertiary/aromatic N) is 2. The number of carbonyl (C=O) groups is 2. The van der Waals surface area contributed by atoms with Crippen molar-refractivity contribution in [2.24, 2.45) is 11.3 Å². The molecule has 4 rings (SSSR count). The lowest BCUT2D eigenvalue weighted by atomic mass is 9.71. The van der Waals surface area contributed by atoms with Crippen LogP contribution in [0.5, 0.6) is 0 Å². The van der Waals surface area contributed by atoms with Crippen LogP contribution in [-0.2, 0) is 30.7 Å². The predicted molar refractivity (Wildman–Crippen MR) is 114 cm³/mol. The van der Waals surface area contributed by atoms with E-state index in [4.69, 9.17) is 4.52 Å². The topological polar surface area (TPSA) is 75.4 Å². The van der Waals surface area contributed by atoms with Crippen LogP contribution in [0, 0.1) is 11.3 Å². The number of aromatic nitrogens is 1. The SMILES string of the molecule is CC(C)(C)[C@@H]1CCc2onc(C(=O)NCc3ccc(CN4CCCC4=O)cc3)c2C1. The summed E-state index contributed by atoms with van der Waals surface area (Å²) in [5, 5.41) is 7.06. The molecule has 160 valence electrons. The predicted octanol–water partition coefficient (Wildman–Crippen LogP) is 3.88. The van der Waals surface area contributed by atoms with Crippen LogP contribution in [0.4, 0.5) is 0 Å². The van der Waals surface area contributed by atoms with Gasteiger partial charge in [-0.25, -0.2) is 0 Å². The van der Waals surface area contributed by atoms with Gasteiger partial charge in [0.25, 0.3) is 5.91 Å². The second-order valence-electron chi connectivity index (χ2n) is 9.66. The Morgan fingerprint density at radius 3 is 2.60 bits per heavy atom. The fourth-order valence-corrected chi connectivity index (χ4v) is 4.44. The molecule has 2 aliphatic rings. The molecule has 2 heterocycles. The molecule has 0 bridgehead atoms. The Kier molecular flexibility index (Phi) is 5.67. The number of hydrogen-bond acceptors (Lipinski definition) is 4. The van der Waals surface area contributed by atoms with E-state index >= 15 is 0 Å². The van der Waals surface area contributed by atoms with Crippen molar-refractivity contribution < 1.29 is 14.1 Å². The molecule has 2 amide bonds. The number of likely N-dealkylation sites (tertiary alicyclic amines) is 1. The Morgan fingerprint density at radius 1 is 1.20 bits per heavy atom. The molecule has 1 saturated heterocycles. The van der Waals surface area contributed by atoms with Crippen LogP contribution in [-0.4, -0.2) is 28.4 Å². The van der Waals surface area contributed by atoms with E-state index in [-0.39, 0.29) is 17.2 Å². The Bertz CT molecular complexity index is 924. The molecule has 0 saturated carbocycles. The molecule has 2 aromatic rings.